The van der Waals surface area contributed by atoms with Gasteiger partial charge in [0.15, 0.2) is 11.5 Å². The molecule has 0 spiro atoms. The zero-order chi connectivity index (χ0) is 26.4. The van der Waals surface area contributed by atoms with Gasteiger partial charge in [0, 0.05) is 30.0 Å². The molecule has 0 unspecified atom stereocenters. The van der Waals surface area contributed by atoms with Crippen molar-refractivity contribution in [1.29, 1.82) is 0 Å². The van der Waals surface area contributed by atoms with Crippen molar-refractivity contribution in [2.24, 2.45) is 0 Å². The first-order valence-electron chi connectivity index (χ1n) is 11.9. The largest absolute Gasteiger partial charge is 0.573 e. The molecule has 12 heteroatoms. The standard InChI is InChI=1S/C27H30F3N3O4.2ClH/c1-34-24-15-19(16-25(35-2)26(24)36-3)23-14-18(8-13-32-23)17-33(21-9-11-31-12-10-21)20-4-6-22(7-5-20)37-27(28,29)30;;/h4-8,13-16,21,31H,9-12,17H2,1-3H3;2*1H. The molecule has 0 aliphatic carbocycles. The van der Waals surface area contributed by atoms with Gasteiger partial charge in [-0.3, -0.25) is 4.98 Å². The van der Waals surface area contributed by atoms with E-state index in [-0.39, 0.29) is 36.6 Å². The molecule has 7 nitrogen and oxygen atoms in total. The van der Waals surface area contributed by atoms with Crippen LogP contribution >= 0.6 is 24.8 Å². The van der Waals surface area contributed by atoms with E-state index >= 15 is 0 Å². The van der Waals surface area contributed by atoms with Crippen LogP contribution in [0.25, 0.3) is 11.3 Å². The Kier molecular flexibility index (Phi) is 11.8. The van der Waals surface area contributed by atoms with Gasteiger partial charge in [-0.15, -0.1) is 38.0 Å². The molecule has 2 aromatic carbocycles. The van der Waals surface area contributed by atoms with Gasteiger partial charge in [-0.1, -0.05) is 0 Å². The molecular formula is C27H32Cl2F3N3O4. The number of hydrogen-bond acceptors (Lipinski definition) is 7. The maximum Gasteiger partial charge on any atom is 0.573 e. The Hall–Kier alpha value is -3.08. The van der Waals surface area contributed by atoms with Crippen molar-refractivity contribution < 1.29 is 32.1 Å². The molecule has 3 aromatic rings. The number of nitrogens with one attached hydrogen (secondary N) is 1. The summed E-state index contributed by atoms with van der Waals surface area (Å²) in [6.45, 7) is 2.32. The number of ether oxygens (including phenoxy) is 4. The average Bonchev–Trinajstić information content (AvgIpc) is 2.91. The van der Waals surface area contributed by atoms with Gasteiger partial charge in [0.05, 0.1) is 27.0 Å². The van der Waals surface area contributed by atoms with Crippen LogP contribution < -0.4 is 29.2 Å². The highest BCUT2D eigenvalue weighted by Gasteiger charge is 2.31. The lowest BCUT2D eigenvalue weighted by molar-refractivity contribution is -0.274. The van der Waals surface area contributed by atoms with Gasteiger partial charge >= 0.3 is 6.36 Å². The molecule has 1 aliphatic heterocycles. The molecule has 0 saturated carbocycles. The van der Waals surface area contributed by atoms with Crippen molar-refractivity contribution >= 4 is 30.5 Å². The summed E-state index contributed by atoms with van der Waals surface area (Å²) in [5, 5.41) is 3.37. The van der Waals surface area contributed by atoms with Gasteiger partial charge in [-0.25, -0.2) is 0 Å². The molecule has 0 bridgehead atoms. The third-order valence-corrected chi connectivity index (χ3v) is 6.29. The van der Waals surface area contributed by atoms with Crippen molar-refractivity contribution in [1.82, 2.24) is 10.3 Å². The quantitative estimate of drug-likeness (QED) is 0.315. The summed E-state index contributed by atoms with van der Waals surface area (Å²) in [4.78, 5) is 6.78. The van der Waals surface area contributed by atoms with Gasteiger partial charge in [0.1, 0.15) is 5.75 Å². The fourth-order valence-electron chi connectivity index (χ4n) is 4.55. The molecule has 2 heterocycles. The minimum atomic E-state index is -4.73. The Morgan fingerprint density at radius 1 is 0.897 bits per heavy atom. The van der Waals surface area contributed by atoms with Gasteiger partial charge in [0.2, 0.25) is 5.75 Å². The van der Waals surface area contributed by atoms with Gasteiger partial charge in [-0.2, -0.15) is 0 Å². The summed E-state index contributed by atoms with van der Waals surface area (Å²) in [5.74, 6) is 1.32. The summed E-state index contributed by atoms with van der Waals surface area (Å²) in [6.07, 6.45) is -1.14. The predicted octanol–water partition coefficient (Wildman–Crippen LogP) is 6.28. The summed E-state index contributed by atoms with van der Waals surface area (Å²) in [5.41, 5.74) is 3.37. The van der Waals surface area contributed by atoms with Crippen LogP contribution in [0.3, 0.4) is 0 Å². The fraction of sp³-hybridized carbons (Fsp3) is 0.370. The summed E-state index contributed by atoms with van der Waals surface area (Å²) in [7, 11) is 4.68. The minimum absolute atomic E-state index is 0. The van der Waals surface area contributed by atoms with E-state index < -0.39 is 6.36 Å². The number of pyridine rings is 1. The lowest BCUT2D eigenvalue weighted by atomic mass is 10.0. The van der Waals surface area contributed by atoms with Crippen LogP contribution in [-0.2, 0) is 6.54 Å². The number of rotatable bonds is 9. The molecular weight excluding hydrogens is 558 g/mol. The zero-order valence-electron chi connectivity index (χ0n) is 21.8. The number of nitrogens with zero attached hydrogens (tertiary/aromatic N) is 2. The first kappa shape index (κ1) is 32.1. The molecule has 39 heavy (non-hydrogen) atoms. The Balaban J connectivity index is 0.00000267. The van der Waals surface area contributed by atoms with E-state index in [1.54, 1.807) is 39.7 Å². The number of alkyl halides is 3. The molecule has 1 aromatic heterocycles. The SMILES string of the molecule is COc1cc(-c2cc(CN(c3ccc(OC(F)(F)F)cc3)C3CCNCC3)ccn2)cc(OC)c1OC.Cl.Cl. The normalized spacial score (nSPS) is 13.5. The molecule has 4 rings (SSSR count). The van der Waals surface area contributed by atoms with E-state index in [2.05, 4.69) is 19.9 Å². The van der Waals surface area contributed by atoms with E-state index in [1.807, 2.05) is 24.3 Å². The second-order valence-corrected chi connectivity index (χ2v) is 8.61. The van der Waals surface area contributed by atoms with E-state index in [9.17, 15) is 13.2 Å². The van der Waals surface area contributed by atoms with Crippen molar-refractivity contribution in [3.8, 4) is 34.3 Å². The molecule has 1 aliphatic rings. The molecule has 1 saturated heterocycles. The molecule has 1 fully saturated rings. The topological polar surface area (TPSA) is 65.1 Å². The number of hydrogen-bond donors (Lipinski definition) is 1. The highest BCUT2D eigenvalue weighted by molar-refractivity contribution is 5.85. The summed E-state index contributed by atoms with van der Waals surface area (Å²) in [6, 6.07) is 13.9. The van der Waals surface area contributed by atoms with E-state index in [4.69, 9.17) is 14.2 Å². The number of halogens is 5. The Labute approximate surface area is 238 Å². The molecule has 1 N–H and O–H groups in total. The number of piperidine rings is 1. The first-order chi connectivity index (χ1) is 17.8. The second-order valence-electron chi connectivity index (χ2n) is 8.61. The maximum atomic E-state index is 12.6. The van der Waals surface area contributed by atoms with Crippen molar-refractivity contribution in [2.75, 3.05) is 39.3 Å². The van der Waals surface area contributed by atoms with Gasteiger partial charge in [0.25, 0.3) is 0 Å². The highest BCUT2D eigenvalue weighted by atomic mass is 35.5. The third-order valence-electron chi connectivity index (χ3n) is 6.29. The monoisotopic (exact) mass is 589 g/mol. The zero-order valence-corrected chi connectivity index (χ0v) is 23.4. The number of aromatic nitrogens is 1. The van der Waals surface area contributed by atoms with Crippen LogP contribution in [0.4, 0.5) is 18.9 Å². The molecule has 0 atom stereocenters. The lowest BCUT2D eigenvalue weighted by Crippen LogP contribution is -2.43. The van der Waals surface area contributed by atoms with Crippen molar-refractivity contribution in [3.63, 3.8) is 0 Å². The van der Waals surface area contributed by atoms with Gasteiger partial charge < -0.3 is 29.2 Å². The summed E-state index contributed by atoms with van der Waals surface area (Å²) < 4.78 is 58.3. The first-order valence-corrected chi connectivity index (χ1v) is 11.9. The van der Waals surface area contributed by atoms with Crippen molar-refractivity contribution in [3.05, 3.63) is 60.3 Å². The molecule has 214 valence electrons. The van der Waals surface area contributed by atoms with Crippen LogP contribution in [-0.4, -0.2) is 51.8 Å². The Morgan fingerprint density at radius 3 is 2.05 bits per heavy atom. The Morgan fingerprint density at radius 2 is 1.51 bits per heavy atom. The van der Waals surface area contributed by atoms with Crippen molar-refractivity contribution in [2.45, 2.75) is 31.8 Å². The summed E-state index contributed by atoms with van der Waals surface area (Å²) >= 11 is 0. The third kappa shape index (κ3) is 8.20. The average molecular weight is 590 g/mol. The number of anilines is 1. The van der Waals surface area contributed by atoms with Crippen LogP contribution in [0.2, 0.25) is 0 Å². The van der Waals surface area contributed by atoms with Crippen LogP contribution in [0.15, 0.2) is 54.7 Å². The van der Waals surface area contributed by atoms with Gasteiger partial charge in [-0.05, 0) is 80.0 Å². The van der Waals surface area contributed by atoms with E-state index in [0.717, 1.165) is 48.4 Å². The minimum Gasteiger partial charge on any atom is -0.493 e. The van der Waals surface area contributed by atoms with Crippen LogP contribution in [0, 0.1) is 0 Å². The van der Waals surface area contributed by atoms with Crippen LogP contribution in [0.5, 0.6) is 23.0 Å². The predicted molar refractivity (Wildman–Crippen MR) is 149 cm³/mol. The van der Waals surface area contributed by atoms with E-state index in [1.165, 1.54) is 12.1 Å². The maximum absolute atomic E-state index is 12.6. The Bertz CT molecular complexity index is 1170. The smallest absolute Gasteiger partial charge is 0.493 e. The molecule has 0 amide bonds. The van der Waals surface area contributed by atoms with E-state index in [0.29, 0.717) is 23.8 Å². The fourth-order valence-corrected chi connectivity index (χ4v) is 4.55. The van der Waals surface area contributed by atoms with Crippen LogP contribution in [0.1, 0.15) is 18.4 Å². The highest BCUT2D eigenvalue weighted by Crippen LogP contribution is 2.41. The second kappa shape index (κ2) is 14.3. The number of benzene rings is 2. The lowest BCUT2D eigenvalue weighted by Gasteiger charge is -2.36. The number of methoxy groups -OCH3 is 3. The molecule has 0 radical (unpaired) electrons.